The van der Waals surface area contributed by atoms with Crippen LogP contribution in [-0.2, 0) is 13.1 Å². The zero-order valence-electron chi connectivity index (χ0n) is 19.3. The number of aromatic hydroxyl groups is 1. The Kier molecular flexibility index (Phi) is 6.39. The molecule has 3 N–H and O–H groups in total. The molecular formula is C25H27N2O6+. The van der Waals surface area contributed by atoms with Crippen LogP contribution in [0.25, 0.3) is 0 Å². The fourth-order valence-corrected chi connectivity index (χ4v) is 4.12. The first-order valence-corrected chi connectivity index (χ1v) is 10.4. The van der Waals surface area contributed by atoms with Crippen LogP contribution in [0.1, 0.15) is 59.9 Å². The summed E-state index contributed by atoms with van der Waals surface area (Å²) in [7, 11) is 0. The molecule has 3 aromatic rings. The summed E-state index contributed by atoms with van der Waals surface area (Å²) in [6.45, 7) is 10.3. The summed E-state index contributed by atoms with van der Waals surface area (Å²) in [4.78, 5) is 34.9. The van der Waals surface area contributed by atoms with Crippen LogP contribution in [0.3, 0.4) is 0 Å². The van der Waals surface area contributed by atoms with Crippen LogP contribution >= 0.6 is 0 Å². The second-order valence-electron chi connectivity index (χ2n) is 8.37. The molecule has 0 bridgehead atoms. The highest BCUT2D eigenvalue weighted by atomic mass is 16.4. The van der Waals surface area contributed by atoms with Gasteiger partial charge >= 0.3 is 11.9 Å². The van der Waals surface area contributed by atoms with Crippen molar-refractivity contribution in [1.82, 2.24) is 4.57 Å². The van der Waals surface area contributed by atoms with E-state index in [4.69, 9.17) is 0 Å². The molecule has 0 unspecified atom stereocenters. The van der Waals surface area contributed by atoms with Gasteiger partial charge in [-0.3, -0.25) is 4.79 Å². The standard InChI is InChI=1S/C25H26N2O6/c1-13-6-14(2)19(10-27-12-21(25(32)33)23(29)8-16(27)4)17(5)18(13)9-26-11-20(24(30)31)22(28)7-15(26)3/h6-8,11-12H,9-10H2,1-5H3,(H2,30,31,32,33)/p+1. The highest BCUT2D eigenvalue weighted by Crippen LogP contribution is 2.24. The summed E-state index contributed by atoms with van der Waals surface area (Å²) in [5, 5.41) is 28.7. The minimum atomic E-state index is -1.26. The number of aryl methyl sites for hydroxylation is 4. The quantitative estimate of drug-likeness (QED) is 0.496. The van der Waals surface area contributed by atoms with E-state index in [2.05, 4.69) is 0 Å². The monoisotopic (exact) mass is 451 g/mol. The van der Waals surface area contributed by atoms with Crippen molar-refractivity contribution in [2.45, 2.75) is 47.7 Å². The molecule has 0 aliphatic carbocycles. The molecular weight excluding hydrogens is 424 g/mol. The van der Waals surface area contributed by atoms with E-state index in [1.54, 1.807) is 23.0 Å². The second kappa shape index (κ2) is 8.90. The number of pyridine rings is 2. The van der Waals surface area contributed by atoms with Gasteiger partial charge in [0.1, 0.15) is 11.3 Å². The van der Waals surface area contributed by atoms with Crippen molar-refractivity contribution < 1.29 is 29.5 Å². The van der Waals surface area contributed by atoms with Gasteiger partial charge in [-0.25, -0.2) is 9.59 Å². The molecule has 8 nitrogen and oxygen atoms in total. The number of aromatic nitrogens is 2. The van der Waals surface area contributed by atoms with Gasteiger partial charge in [-0.05, 0) is 49.9 Å². The van der Waals surface area contributed by atoms with E-state index in [1.165, 1.54) is 24.5 Å². The van der Waals surface area contributed by atoms with Gasteiger partial charge in [0.05, 0.1) is 0 Å². The van der Waals surface area contributed by atoms with Crippen molar-refractivity contribution in [2.24, 2.45) is 0 Å². The van der Waals surface area contributed by atoms with Gasteiger partial charge in [-0.15, -0.1) is 0 Å². The lowest BCUT2D eigenvalue weighted by atomic mass is 9.93. The predicted octanol–water partition coefficient (Wildman–Crippen LogP) is 2.88. The number of aromatic carboxylic acids is 2. The zero-order chi connectivity index (χ0) is 24.6. The molecule has 2 aromatic heterocycles. The van der Waals surface area contributed by atoms with E-state index >= 15 is 0 Å². The lowest BCUT2D eigenvalue weighted by Crippen LogP contribution is -2.39. The third-order valence-electron chi connectivity index (χ3n) is 6.11. The van der Waals surface area contributed by atoms with Crippen LogP contribution in [0, 0.1) is 34.6 Å². The van der Waals surface area contributed by atoms with E-state index < -0.39 is 17.4 Å². The molecule has 0 saturated carbocycles. The van der Waals surface area contributed by atoms with Crippen LogP contribution in [0.4, 0.5) is 0 Å². The average molecular weight is 451 g/mol. The van der Waals surface area contributed by atoms with Crippen molar-refractivity contribution >= 4 is 11.9 Å². The first kappa shape index (κ1) is 23.7. The molecule has 2 heterocycles. The largest absolute Gasteiger partial charge is 0.507 e. The van der Waals surface area contributed by atoms with Crippen molar-refractivity contribution in [3.63, 3.8) is 0 Å². The summed E-state index contributed by atoms with van der Waals surface area (Å²) >= 11 is 0. The third-order valence-corrected chi connectivity index (χ3v) is 6.11. The molecule has 0 amide bonds. The van der Waals surface area contributed by atoms with E-state index in [0.29, 0.717) is 24.5 Å². The Bertz CT molecular complexity index is 1350. The molecule has 0 aliphatic rings. The summed E-state index contributed by atoms with van der Waals surface area (Å²) in [6, 6.07) is 4.80. The maximum absolute atomic E-state index is 12.0. The normalized spacial score (nSPS) is 10.9. The van der Waals surface area contributed by atoms with Crippen LogP contribution < -0.4 is 10.00 Å². The van der Waals surface area contributed by atoms with Gasteiger partial charge < -0.3 is 19.9 Å². The van der Waals surface area contributed by atoms with E-state index in [9.17, 15) is 29.7 Å². The fraction of sp³-hybridized carbons (Fsp3) is 0.280. The molecule has 0 spiro atoms. The number of hydrogen-bond donors (Lipinski definition) is 3. The van der Waals surface area contributed by atoms with Gasteiger partial charge in [0.2, 0.25) is 0 Å². The number of carboxylic acids is 2. The van der Waals surface area contributed by atoms with Gasteiger partial charge in [0.15, 0.2) is 29.4 Å². The van der Waals surface area contributed by atoms with Crippen LogP contribution in [0.15, 0.2) is 35.4 Å². The first-order valence-electron chi connectivity index (χ1n) is 10.4. The Morgan fingerprint density at radius 2 is 1.52 bits per heavy atom. The predicted molar refractivity (Wildman–Crippen MR) is 121 cm³/mol. The molecule has 0 atom stereocenters. The number of hydrogen-bond acceptors (Lipinski definition) is 4. The summed E-state index contributed by atoms with van der Waals surface area (Å²) in [5.74, 6) is -2.75. The molecule has 33 heavy (non-hydrogen) atoms. The van der Waals surface area contributed by atoms with Gasteiger partial charge in [-0.2, -0.15) is 4.57 Å². The van der Waals surface area contributed by atoms with Crippen LogP contribution in [0.5, 0.6) is 5.75 Å². The van der Waals surface area contributed by atoms with Gasteiger partial charge in [0.25, 0.3) is 0 Å². The summed E-state index contributed by atoms with van der Waals surface area (Å²) in [6.07, 6.45) is 2.80. The number of carbonyl (C=O) groups is 2. The maximum Gasteiger partial charge on any atom is 0.345 e. The second-order valence-corrected chi connectivity index (χ2v) is 8.37. The SMILES string of the molecule is Cc1cc(C)c(C[n+]2cc(C(=O)O)c(O)cc2C)c(C)c1Cn1cc(C(=O)O)c(=O)cc1C. The van der Waals surface area contributed by atoms with Crippen molar-refractivity contribution in [3.8, 4) is 5.75 Å². The molecule has 0 aliphatic heterocycles. The molecule has 8 heteroatoms. The number of nitrogens with zero attached hydrogens (tertiary/aromatic N) is 2. The van der Waals surface area contributed by atoms with Gasteiger partial charge in [-0.1, -0.05) is 6.07 Å². The lowest BCUT2D eigenvalue weighted by Gasteiger charge is -2.19. The smallest absolute Gasteiger partial charge is 0.345 e. The Hall–Kier alpha value is -3.94. The van der Waals surface area contributed by atoms with Crippen molar-refractivity contribution in [1.29, 1.82) is 0 Å². The molecule has 3 rings (SSSR count). The summed E-state index contributed by atoms with van der Waals surface area (Å²) < 4.78 is 3.53. The highest BCUT2D eigenvalue weighted by Gasteiger charge is 2.22. The molecule has 0 fully saturated rings. The number of carboxylic acid groups (broad SMARTS) is 2. The Morgan fingerprint density at radius 3 is 2.12 bits per heavy atom. The number of rotatable bonds is 6. The maximum atomic E-state index is 12.0. The summed E-state index contributed by atoms with van der Waals surface area (Å²) in [5.41, 5.74) is 5.45. The Morgan fingerprint density at radius 1 is 0.909 bits per heavy atom. The minimum Gasteiger partial charge on any atom is -0.507 e. The van der Waals surface area contributed by atoms with E-state index in [0.717, 1.165) is 27.8 Å². The topological polar surface area (TPSA) is 121 Å². The Balaban J connectivity index is 2.10. The lowest BCUT2D eigenvalue weighted by molar-refractivity contribution is -0.694. The molecule has 1 aromatic carbocycles. The number of benzene rings is 1. The van der Waals surface area contributed by atoms with Crippen molar-refractivity contribution in [2.75, 3.05) is 0 Å². The van der Waals surface area contributed by atoms with Crippen LogP contribution in [-0.4, -0.2) is 31.8 Å². The fourth-order valence-electron chi connectivity index (χ4n) is 4.12. The average Bonchev–Trinajstić information content (AvgIpc) is 2.70. The molecule has 0 radical (unpaired) electrons. The van der Waals surface area contributed by atoms with Gasteiger partial charge in [0, 0.05) is 43.1 Å². The molecule has 0 saturated heterocycles. The highest BCUT2D eigenvalue weighted by molar-refractivity contribution is 5.90. The molecule has 172 valence electrons. The Labute approximate surface area is 191 Å². The zero-order valence-corrected chi connectivity index (χ0v) is 19.3. The third kappa shape index (κ3) is 4.64. The van der Waals surface area contributed by atoms with E-state index in [1.807, 2.05) is 26.8 Å². The van der Waals surface area contributed by atoms with Crippen molar-refractivity contribution in [3.05, 3.63) is 91.1 Å². The van der Waals surface area contributed by atoms with Crippen LogP contribution in [0.2, 0.25) is 0 Å². The minimum absolute atomic E-state index is 0.173. The first-order chi connectivity index (χ1) is 15.4. The van der Waals surface area contributed by atoms with E-state index in [-0.39, 0.29) is 16.9 Å².